The molecule has 0 fully saturated rings. The third-order valence-corrected chi connectivity index (χ3v) is 5.71. The van der Waals surface area contributed by atoms with Gasteiger partial charge in [-0.05, 0) is 49.1 Å². The molecule has 0 saturated heterocycles. The van der Waals surface area contributed by atoms with Crippen molar-refractivity contribution in [3.8, 4) is 11.5 Å². The molecule has 0 aliphatic heterocycles. The lowest BCUT2D eigenvalue weighted by atomic mass is 9.70. The molecule has 0 aromatic carbocycles. The summed E-state index contributed by atoms with van der Waals surface area (Å²) in [6.45, 7) is 7.39. The van der Waals surface area contributed by atoms with Crippen LogP contribution in [0.1, 0.15) is 33.1 Å². The molecule has 3 rings (SSSR count). The Hall–Kier alpha value is -2.54. The molecule has 3 unspecified atom stereocenters. The molecule has 7 heteroatoms. The van der Waals surface area contributed by atoms with E-state index in [1.807, 2.05) is 12.1 Å². The number of amides is 1. The number of rotatable bonds is 8. The van der Waals surface area contributed by atoms with Gasteiger partial charge in [0.15, 0.2) is 0 Å². The molecule has 2 aromatic heterocycles. The summed E-state index contributed by atoms with van der Waals surface area (Å²) in [5, 5.41) is 11.4. The van der Waals surface area contributed by atoms with Gasteiger partial charge < -0.3 is 14.5 Å². The number of hydrogen-bond donors (Lipinski definition) is 1. The molecule has 29 heavy (non-hydrogen) atoms. The van der Waals surface area contributed by atoms with Gasteiger partial charge in [-0.2, -0.15) is 0 Å². The van der Waals surface area contributed by atoms with Crippen molar-refractivity contribution in [2.45, 2.75) is 33.6 Å². The molecule has 1 amide bonds. The highest BCUT2D eigenvalue weighted by atomic mass is 16.5. The summed E-state index contributed by atoms with van der Waals surface area (Å²) in [7, 11) is 1.53. The Labute approximate surface area is 172 Å². The first-order chi connectivity index (χ1) is 14.0. The summed E-state index contributed by atoms with van der Waals surface area (Å²) < 4.78 is 10.8. The predicted molar refractivity (Wildman–Crippen MR) is 110 cm³/mol. The smallest absolute Gasteiger partial charge is 0.247 e. The standard InChI is InChI=1S/C22H30N4O3/c1-14(2)19-10-17(15(3)9-18(19)12-24-20(27)13-28-4)11-21-25-26-22(29-21)16-5-7-23-8-6-16/h5-9,14,17-19H,10-13H2,1-4H3,(H,24,27). The minimum atomic E-state index is -0.0716. The molecular weight excluding hydrogens is 368 g/mol. The van der Waals surface area contributed by atoms with Crippen LogP contribution in [0.5, 0.6) is 0 Å². The van der Waals surface area contributed by atoms with Crippen LogP contribution < -0.4 is 5.32 Å². The summed E-state index contributed by atoms with van der Waals surface area (Å²) in [5.41, 5.74) is 2.19. The van der Waals surface area contributed by atoms with Crippen LogP contribution in [-0.4, -0.2) is 41.3 Å². The maximum absolute atomic E-state index is 11.8. The van der Waals surface area contributed by atoms with Gasteiger partial charge in [0.25, 0.3) is 0 Å². The number of methoxy groups -OCH3 is 1. The number of nitrogens with zero attached hydrogens (tertiary/aromatic N) is 3. The number of nitrogens with one attached hydrogen (secondary N) is 1. The first-order valence-electron chi connectivity index (χ1n) is 10.1. The molecule has 0 saturated carbocycles. The van der Waals surface area contributed by atoms with Crippen molar-refractivity contribution < 1.29 is 13.9 Å². The molecular formula is C22H30N4O3. The van der Waals surface area contributed by atoms with Gasteiger partial charge in [0.05, 0.1) is 0 Å². The van der Waals surface area contributed by atoms with Crippen LogP contribution in [-0.2, 0) is 16.0 Å². The van der Waals surface area contributed by atoms with Crippen molar-refractivity contribution >= 4 is 5.91 Å². The van der Waals surface area contributed by atoms with E-state index in [1.54, 1.807) is 12.4 Å². The minimum absolute atomic E-state index is 0.0716. The van der Waals surface area contributed by atoms with Crippen LogP contribution in [0.2, 0.25) is 0 Å². The topological polar surface area (TPSA) is 90.1 Å². The maximum atomic E-state index is 11.8. The lowest BCUT2D eigenvalue weighted by Gasteiger charge is -2.37. The fourth-order valence-electron chi connectivity index (χ4n) is 4.08. The third kappa shape index (κ3) is 5.50. The quantitative estimate of drug-likeness (QED) is 0.686. The molecule has 7 nitrogen and oxygen atoms in total. The van der Waals surface area contributed by atoms with E-state index in [-0.39, 0.29) is 12.5 Å². The predicted octanol–water partition coefficient (Wildman–Crippen LogP) is 3.29. The Morgan fingerprint density at radius 1 is 1.31 bits per heavy atom. The first-order valence-corrected chi connectivity index (χ1v) is 10.1. The van der Waals surface area contributed by atoms with Gasteiger partial charge in [-0.3, -0.25) is 9.78 Å². The van der Waals surface area contributed by atoms with Crippen molar-refractivity contribution in [3.05, 3.63) is 42.1 Å². The lowest BCUT2D eigenvalue weighted by Crippen LogP contribution is -2.38. The van der Waals surface area contributed by atoms with Gasteiger partial charge in [-0.25, -0.2) is 0 Å². The Balaban J connectivity index is 1.68. The van der Waals surface area contributed by atoms with Gasteiger partial charge in [0.2, 0.25) is 17.7 Å². The lowest BCUT2D eigenvalue weighted by molar-refractivity contribution is -0.124. The molecule has 1 aliphatic rings. The number of hydrogen-bond acceptors (Lipinski definition) is 6. The van der Waals surface area contributed by atoms with Gasteiger partial charge in [-0.1, -0.05) is 25.5 Å². The fraction of sp³-hybridized carbons (Fsp3) is 0.545. The summed E-state index contributed by atoms with van der Waals surface area (Å²) in [5.74, 6) is 2.79. The van der Waals surface area contributed by atoms with Crippen molar-refractivity contribution in [1.29, 1.82) is 0 Å². The second-order valence-corrected chi connectivity index (χ2v) is 8.09. The van der Waals surface area contributed by atoms with Gasteiger partial charge in [0, 0.05) is 38.0 Å². The van der Waals surface area contributed by atoms with E-state index < -0.39 is 0 Å². The van der Waals surface area contributed by atoms with E-state index in [1.165, 1.54) is 12.7 Å². The van der Waals surface area contributed by atoms with Crippen LogP contribution in [0.3, 0.4) is 0 Å². The van der Waals surface area contributed by atoms with E-state index in [0.29, 0.717) is 42.0 Å². The molecule has 0 bridgehead atoms. The van der Waals surface area contributed by atoms with Crippen LogP contribution in [0.25, 0.3) is 11.5 Å². The van der Waals surface area contributed by atoms with Crippen molar-refractivity contribution in [3.63, 3.8) is 0 Å². The van der Waals surface area contributed by atoms with Crippen LogP contribution in [0, 0.1) is 23.7 Å². The van der Waals surface area contributed by atoms with E-state index in [0.717, 1.165) is 18.4 Å². The van der Waals surface area contributed by atoms with Crippen molar-refractivity contribution in [1.82, 2.24) is 20.5 Å². The Kier molecular flexibility index (Phi) is 7.14. The number of ether oxygens (including phenoxy) is 1. The molecule has 156 valence electrons. The first kappa shape index (κ1) is 21.2. The molecule has 1 N–H and O–H groups in total. The van der Waals surface area contributed by atoms with Crippen LogP contribution in [0.4, 0.5) is 0 Å². The van der Waals surface area contributed by atoms with Crippen LogP contribution >= 0.6 is 0 Å². The fourth-order valence-corrected chi connectivity index (χ4v) is 4.08. The maximum Gasteiger partial charge on any atom is 0.247 e. The second-order valence-electron chi connectivity index (χ2n) is 8.09. The largest absolute Gasteiger partial charge is 0.421 e. The summed E-state index contributed by atoms with van der Waals surface area (Å²) >= 11 is 0. The monoisotopic (exact) mass is 398 g/mol. The SMILES string of the molecule is COCC(=O)NCC1C=C(C)C(Cc2nnc(-c3ccncc3)o2)CC1C(C)C. The van der Waals surface area contributed by atoms with Gasteiger partial charge >= 0.3 is 0 Å². The van der Waals surface area contributed by atoms with Gasteiger partial charge in [-0.15, -0.1) is 10.2 Å². The number of aromatic nitrogens is 3. The molecule has 1 aliphatic carbocycles. The zero-order valence-corrected chi connectivity index (χ0v) is 17.6. The number of carbonyl (C=O) groups is 1. The van der Waals surface area contributed by atoms with Crippen LogP contribution in [0.15, 0.2) is 40.6 Å². The number of pyridine rings is 1. The molecule has 3 atom stereocenters. The normalized spacial score (nSPS) is 21.8. The van der Waals surface area contributed by atoms with Crippen molar-refractivity contribution in [2.75, 3.05) is 20.3 Å². The van der Waals surface area contributed by atoms with E-state index >= 15 is 0 Å². The average molecular weight is 399 g/mol. The Morgan fingerprint density at radius 2 is 2.07 bits per heavy atom. The molecule has 2 aromatic rings. The van der Waals surface area contributed by atoms with E-state index in [4.69, 9.17) is 9.15 Å². The van der Waals surface area contributed by atoms with E-state index in [2.05, 4.69) is 47.3 Å². The number of carbonyl (C=O) groups excluding carboxylic acids is 1. The highest BCUT2D eigenvalue weighted by molar-refractivity contribution is 5.77. The highest BCUT2D eigenvalue weighted by Crippen LogP contribution is 2.38. The molecule has 0 radical (unpaired) electrons. The zero-order chi connectivity index (χ0) is 20.8. The van der Waals surface area contributed by atoms with E-state index in [9.17, 15) is 4.79 Å². The summed E-state index contributed by atoms with van der Waals surface area (Å²) in [6, 6.07) is 3.72. The third-order valence-electron chi connectivity index (χ3n) is 5.71. The molecule has 2 heterocycles. The highest BCUT2D eigenvalue weighted by Gasteiger charge is 2.32. The average Bonchev–Trinajstić information content (AvgIpc) is 3.17. The number of allylic oxidation sites excluding steroid dienone is 1. The second kappa shape index (κ2) is 9.78. The van der Waals surface area contributed by atoms with Crippen molar-refractivity contribution in [2.24, 2.45) is 23.7 Å². The Morgan fingerprint density at radius 3 is 2.76 bits per heavy atom. The summed E-state index contributed by atoms with van der Waals surface area (Å²) in [6.07, 6.45) is 7.51. The Bertz CT molecular complexity index is 832. The summed E-state index contributed by atoms with van der Waals surface area (Å²) in [4.78, 5) is 15.8. The zero-order valence-electron chi connectivity index (χ0n) is 17.6. The minimum Gasteiger partial charge on any atom is -0.421 e. The van der Waals surface area contributed by atoms with Gasteiger partial charge in [0.1, 0.15) is 6.61 Å². The molecule has 0 spiro atoms.